The Morgan fingerprint density at radius 2 is 1.86 bits per heavy atom. The summed E-state index contributed by atoms with van der Waals surface area (Å²) in [7, 11) is 1.62. The van der Waals surface area contributed by atoms with Crippen molar-refractivity contribution in [3.63, 3.8) is 0 Å². The van der Waals surface area contributed by atoms with Gasteiger partial charge in [0.1, 0.15) is 23.9 Å². The average molecular weight is 400 g/mol. The quantitative estimate of drug-likeness (QED) is 0.605. The predicted octanol–water partition coefficient (Wildman–Crippen LogP) is 4.27. The van der Waals surface area contributed by atoms with Crippen LogP contribution in [0, 0.1) is 11.6 Å². The maximum Gasteiger partial charge on any atom is 0.573 e. The smallest absolute Gasteiger partial charge is 0.489 e. The zero-order valence-corrected chi connectivity index (χ0v) is 14.3. The number of aromatic nitrogens is 3. The molecule has 3 rings (SSSR count). The number of alkyl halides is 3. The van der Waals surface area contributed by atoms with Gasteiger partial charge in [0, 0.05) is 18.7 Å². The lowest BCUT2D eigenvalue weighted by atomic mass is 10.1. The molecule has 3 aromatic rings. The summed E-state index contributed by atoms with van der Waals surface area (Å²) in [6, 6.07) is 6.74. The van der Waals surface area contributed by atoms with Crippen molar-refractivity contribution in [2.45, 2.75) is 13.0 Å². The summed E-state index contributed by atoms with van der Waals surface area (Å²) in [6.45, 7) is -0.205. The maximum absolute atomic E-state index is 13.9. The minimum atomic E-state index is -5.00. The highest BCUT2D eigenvalue weighted by Gasteiger charge is 2.32. The van der Waals surface area contributed by atoms with E-state index in [9.17, 15) is 22.0 Å². The molecule has 0 saturated carbocycles. The molecule has 0 aliphatic heterocycles. The third kappa shape index (κ3) is 4.67. The van der Waals surface area contributed by atoms with Crippen molar-refractivity contribution in [1.82, 2.24) is 15.4 Å². The van der Waals surface area contributed by atoms with Crippen LogP contribution in [0.25, 0.3) is 11.3 Å². The van der Waals surface area contributed by atoms with Crippen molar-refractivity contribution >= 4 is 5.82 Å². The first-order valence-corrected chi connectivity index (χ1v) is 7.81. The molecule has 0 amide bonds. The lowest BCUT2D eigenvalue weighted by Gasteiger charge is -2.11. The first-order chi connectivity index (χ1) is 13.2. The number of nitrogens with zero attached hydrogens (tertiary/aromatic N) is 2. The van der Waals surface area contributed by atoms with Gasteiger partial charge in [0.25, 0.3) is 0 Å². The molecule has 0 radical (unpaired) electrons. The number of anilines is 1. The fourth-order valence-corrected chi connectivity index (χ4v) is 2.40. The van der Waals surface area contributed by atoms with Gasteiger partial charge in [-0.25, -0.2) is 8.78 Å². The second-order valence-electron chi connectivity index (χ2n) is 5.55. The molecule has 28 heavy (non-hydrogen) atoms. The van der Waals surface area contributed by atoms with Crippen molar-refractivity contribution in [3.05, 3.63) is 53.6 Å². The number of ether oxygens (including phenoxy) is 2. The van der Waals surface area contributed by atoms with E-state index in [1.807, 2.05) is 0 Å². The summed E-state index contributed by atoms with van der Waals surface area (Å²) in [5, 5.41) is 13.0. The van der Waals surface area contributed by atoms with E-state index in [2.05, 4.69) is 25.5 Å². The average Bonchev–Trinajstić information content (AvgIpc) is 3.09. The molecule has 2 aromatic carbocycles. The first kappa shape index (κ1) is 19.4. The van der Waals surface area contributed by atoms with E-state index in [4.69, 9.17) is 4.74 Å². The summed E-state index contributed by atoms with van der Waals surface area (Å²) >= 11 is 0. The Balaban J connectivity index is 1.75. The zero-order chi connectivity index (χ0) is 20.3. The summed E-state index contributed by atoms with van der Waals surface area (Å²) in [5.74, 6) is -2.22. The molecule has 0 spiro atoms. The molecule has 0 aliphatic carbocycles. The van der Waals surface area contributed by atoms with Crippen LogP contribution in [0.15, 0.2) is 36.4 Å². The van der Waals surface area contributed by atoms with Gasteiger partial charge in [-0.15, -0.1) is 18.3 Å². The third-order valence-corrected chi connectivity index (χ3v) is 3.56. The van der Waals surface area contributed by atoms with Crippen molar-refractivity contribution in [2.24, 2.45) is 0 Å². The molecule has 0 unspecified atom stereocenters. The van der Waals surface area contributed by atoms with Gasteiger partial charge >= 0.3 is 6.36 Å². The number of halogens is 5. The van der Waals surface area contributed by atoms with Crippen LogP contribution in [0.5, 0.6) is 11.5 Å². The fraction of sp³-hybridized carbons (Fsp3) is 0.176. The molecule has 2 N–H and O–H groups in total. The standard InChI is InChI=1S/C17H13F5N4O2/c1-23-16-15(24-26-25-16)10-5-11(18)7-12(6-10)27-8-9-2-3-14(13(19)4-9)28-17(20,21)22/h2-7H,8H2,1H3,(H2,23,24,25,26). The van der Waals surface area contributed by atoms with E-state index in [1.165, 1.54) is 18.2 Å². The Morgan fingerprint density at radius 1 is 1.07 bits per heavy atom. The highest BCUT2D eigenvalue weighted by Crippen LogP contribution is 2.29. The van der Waals surface area contributed by atoms with Crippen molar-refractivity contribution < 1.29 is 31.4 Å². The van der Waals surface area contributed by atoms with E-state index >= 15 is 0 Å². The normalized spacial score (nSPS) is 11.4. The van der Waals surface area contributed by atoms with Crippen LogP contribution in [0.4, 0.5) is 27.8 Å². The minimum absolute atomic E-state index is 0.121. The Labute approximate surface area is 155 Å². The summed E-state index contributed by atoms with van der Waals surface area (Å²) in [4.78, 5) is 0. The minimum Gasteiger partial charge on any atom is -0.489 e. The lowest BCUT2D eigenvalue weighted by molar-refractivity contribution is -0.275. The molecule has 1 aromatic heterocycles. The van der Waals surface area contributed by atoms with E-state index < -0.39 is 23.7 Å². The van der Waals surface area contributed by atoms with Crippen LogP contribution < -0.4 is 14.8 Å². The first-order valence-electron chi connectivity index (χ1n) is 7.81. The second-order valence-corrected chi connectivity index (χ2v) is 5.55. The summed E-state index contributed by atoms with van der Waals surface area (Å²) in [6.07, 6.45) is -5.00. The maximum atomic E-state index is 13.9. The molecule has 11 heteroatoms. The molecule has 0 fully saturated rings. The van der Waals surface area contributed by atoms with Crippen molar-refractivity contribution in [2.75, 3.05) is 12.4 Å². The number of hydrogen-bond donors (Lipinski definition) is 2. The van der Waals surface area contributed by atoms with Gasteiger partial charge in [0.2, 0.25) is 0 Å². The van der Waals surface area contributed by atoms with E-state index in [0.717, 1.165) is 18.2 Å². The van der Waals surface area contributed by atoms with Crippen LogP contribution in [-0.4, -0.2) is 28.8 Å². The van der Waals surface area contributed by atoms with Gasteiger partial charge in [-0.2, -0.15) is 10.3 Å². The van der Waals surface area contributed by atoms with Crippen molar-refractivity contribution in [1.29, 1.82) is 0 Å². The zero-order valence-electron chi connectivity index (χ0n) is 14.3. The molecule has 148 valence electrons. The van der Waals surface area contributed by atoms with Gasteiger partial charge in [0.05, 0.1) is 0 Å². The number of nitrogens with one attached hydrogen (secondary N) is 2. The summed E-state index contributed by atoms with van der Waals surface area (Å²) < 4.78 is 73.2. The molecule has 0 aliphatic rings. The summed E-state index contributed by atoms with van der Waals surface area (Å²) in [5.41, 5.74) is 0.981. The molecule has 1 heterocycles. The second kappa shape index (κ2) is 7.71. The Kier molecular flexibility index (Phi) is 5.34. The number of hydrogen-bond acceptors (Lipinski definition) is 5. The van der Waals surface area contributed by atoms with Gasteiger partial charge < -0.3 is 14.8 Å². The molecule has 0 atom stereocenters. The molecule has 0 saturated heterocycles. The molecular weight excluding hydrogens is 387 g/mol. The largest absolute Gasteiger partial charge is 0.573 e. The number of rotatable bonds is 6. The number of aromatic amines is 1. The lowest BCUT2D eigenvalue weighted by Crippen LogP contribution is -2.18. The molecule has 0 bridgehead atoms. The Bertz CT molecular complexity index is 974. The van der Waals surface area contributed by atoms with Gasteiger partial charge in [0.15, 0.2) is 17.4 Å². The monoisotopic (exact) mass is 400 g/mol. The van der Waals surface area contributed by atoms with Crippen LogP contribution in [0.2, 0.25) is 0 Å². The third-order valence-electron chi connectivity index (χ3n) is 3.56. The Hall–Kier alpha value is -3.37. The van der Waals surface area contributed by atoms with Gasteiger partial charge in [-0.05, 0) is 29.8 Å². The van der Waals surface area contributed by atoms with Crippen LogP contribution in [0.1, 0.15) is 5.56 Å². The van der Waals surface area contributed by atoms with Crippen LogP contribution in [0.3, 0.4) is 0 Å². The Morgan fingerprint density at radius 3 is 2.54 bits per heavy atom. The van der Waals surface area contributed by atoms with Crippen molar-refractivity contribution in [3.8, 4) is 22.8 Å². The predicted molar refractivity (Wildman–Crippen MR) is 88.7 cm³/mol. The molecular formula is C17H13F5N4O2. The van der Waals surface area contributed by atoms with E-state index in [0.29, 0.717) is 17.1 Å². The highest BCUT2D eigenvalue weighted by molar-refractivity contribution is 5.71. The number of benzene rings is 2. The van der Waals surface area contributed by atoms with E-state index in [1.54, 1.807) is 7.05 Å². The van der Waals surface area contributed by atoms with Crippen LogP contribution >= 0.6 is 0 Å². The fourth-order valence-electron chi connectivity index (χ4n) is 2.40. The topological polar surface area (TPSA) is 72.1 Å². The van der Waals surface area contributed by atoms with Crippen LogP contribution in [-0.2, 0) is 6.61 Å². The van der Waals surface area contributed by atoms with Gasteiger partial charge in [-0.1, -0.05) is 6.07 Å². The van der Waals surface area contributed by atoms with Gasteiger partial charge in [-0.3, -0.25) is 0 Å². The van der Waals surface area contributed by atoms with E-state index in [-0.39, 0.29) is 17.9 Å². The highest BCUT2D eigenvalue weighted by atomic mass is 19.4. The molecule has 6 nitrogen and oxygen atoms in total. The number of H-pyrrole nitrogens is 1. The SMILES string of the molecule is CNc1n[nH]nc1-c1cc(F)cc(OCc2ccc(OC(F)(F)F)c(F)c2)c1.